The fourth-order valence-corrected chi connectivity index (χ4v) is 3.69. The second-order valence-electron chi connectivity index (χ2n) is 6.90. The van der Waals surface area contributed by atoms with E-state index in [1.54, 1.807) is 6.07 Å². The molecule has 1 aromatic carbocycles. The van der Waals surface area contributed by atoms with Crippen LogP contribution in [0.3, 0.4) is 0 Å². The molecule has 2 aliphatic heterocycles. The average Bonchev–Trinajstić information content (AvgIpc) is 2.68. The first-order chi connectivity index (χ1) is 12.7. The summed E-state index contributed by atoms with van der Waals surface area (Å²) in [5.74, 6) is -0.390. The summed E-state index contributed by atoms with van der Waals surface area (Å²) in [5.41, 5.74) is 7.09. The topological polar surface area (TPSA) is 71.3 Å². The Morgan fingerprint density at radius 2 is 1.81 bits per heavy atom. The molecule has 2 heterocycles. The quantitative estimate of drug-likeness (QED) is 0.728. The van der Waals surface area contributed by atoms with E-state index in [0.717, 1.165) is 71.1 Å². The van der Waals surface area contributed by atoms with Crippen LogP contribution < -0.4 is 10.7 Å². The van der Waals surface area contributed by atoms with Gasteiger partial charge in [-0.1, -0.05) is 12.1 Å². The summed E-state index contributed by atoms with van der Waals surface area (Å²) in [5, 5.41) is 4.48. The Morgan fingerprint density at radius 1 is 1.15 bits per heavy atom. The lowest BCUT2D eigenvalue weighted by molar-refractivity contribution is 0.0313. The SMILES string of the molecule is CN(CCN1CCOCC1)N(c1ccccc1C(N)=O)C1CCOCC1. The predicted molar refractivity (Wildman–Crippen MR) is 101 cm³/mol. The van der Waals surface area contributed by atoms with Gasteiger partial charge in [0.05, 0.1) is 30.5 Å². The van der Waals surface area contributed by atoms with Crippen LogP contribution in [-0.2, 0) is 9.47 Å². The minimum atomic E-state index is -0.390. The van der Waals surface area contributed by atoms with Crippen LogP contribution in [-0.4, -0.2) is 81.5 Å². The molecule has 0 unspecified atom stereocenters. The number of para-hydroxylation sites is 1. The van der Waals surface area contributed by atoms with Crippen LogP contribution in [0.4, 0.5) is 5.69 Å². The van der Waals surface area contributed by atoms with E-state index in [2.05, 4.69) is 22.0 Å². The number of anilines is 1. The van der Waals surface area contributed by atoms with Gasteiger partial charge in [0, 0.05) is 46.4 Å². The molecule has 3 rings (SSSR count). The maximum absolute atomic E-state index is 12.0. The maximum atomic E-state index is 12.0. The van der Waals surface area contributed by atoms with Gasteiger partial charge in [-0.15, -0.1) is 0 Å². The Morgan fingerprint density at radius 3 is 2.50 bits per heavy atom. The zero-order valence-corrected chi connectivity index (χ0v) is 15.6. The summed E-state index contributed by atoms with van der Waals surface area (Å²) in [6.07, 6.45) is 1.88. The van der Waals surface area contributed by atoms with Crippen LogP contribution in [0.2, 0.25) is 0 Å². The van der Waals surface area contributed by atoms with E-state index < -0.39 is 0 Å². The molecule has 0 aromatic heterocycles. The fourth-order valence-electron chi connectivity index (χ4n) is 3.69. The Kier molecular flexibility index (Phi) is 6.85. The van der Waals surface area contributed by atoms with Crippen LogP contribution in [0.15, 0.2) is 24.3 Å². The lowest BCUT2D eigenvalue weighted by atomic mass is 10.1. The molecule has 7 nitrogen and oxygen atoms in total. The first-order valence-corrected chi connectivity index (χ1v) is 9.44. The maximum Gasteiger partial charge on any atom is 0.250 e. The molecule has 0 spiro atoms. The van der Waals surface area contributed by atoms with Crippen LogP contribution in [0.1, 0.15) is 23.2 Å². The number of amides is 1. The van der Waals surface area contributed by atoms with Crippen LogP contribution >= 0.6 is 0 Å². The van der Waals surface area contributed by atoms with Crippen molar-refractivity contribution in [2.24, 2.45) is 5.73 Å². The highest BCUT2D eigenvalue weighted by atomic mass is 16.5. The van der Waals surface area contributed by atoms with Crippen molar-refractivity contribution in [3.8, 4) is 0 Å². The Labute approximate surface area is 155 Å². The van der Waals surface area contributed by atoms with Crippen molar-refractivity contribution in [3.05, 3.63) is 29.8 Å². The Balaban J connectivity index is 1.77. The number of morpholine rings is 1. The van der Waals surface area contributed by atoms with Crippen molar-refractivity contribution >= 4 is 11.6 Å². The van der Waals surface area contributed by atoms with Crippen molar-refractivity contribution in [1.29, 1.82) is 0 Å². The minimum Gasteiger partial charge on any atom is -0.381 e. The number of nitrogens with zero attached hydrogens (tertiary/aromatic N) is 3. The summed E-state index contributed by atoms with van der Waals surface area (Å²) in [7, 11) is 2.09. The third kappa shape index (κ3) is 4.73. The second kappa shape index (κ2) is 9.32. The fraction of sp³-hybridized carbons (Fsp3) is 0.632. The standard InChI is InChI=1S/C19H30N4O3/c1-21(8-9-22-10-14-26-15-11-22)23(16-6-12-25-13-7-16)18-5-3-2-4-17(18)19(20)24/h2-5,16H,6-15H2,1H3,(H2,20,24). The molecule has 26 heavy (non-hydrogen) atoms. The van der Waals surface area contributed by atoms with Crippen molar-refractivity contribution < 1.29 is 14.3 Å². The van der Waals surface area contributed by atoms with Crippen molar-refractivity contribution in [2.45, 2.75) is 18.9 Å². The molecule has 2 aliphatic rings. The van der Waals surface area contributed by atoms with Gasteiger partial charge < -0.3 is 20.2 Å². The number of ether oxygens (including phenoxy) is 2. The highest BCUT2D eigenvalue weighted by Crippen LogP contribution is 2.27. The Bertz CT molecular complexity index is 586. The first-order valence-electron chi connectivity index (χ1n) is 9.44. The number of hydrogen-bond acceptors (Lipinski definition) is 6. The molecule has 7 heteroatoms. The van der Waals surface area contributed by atoms with E-state index in [0.29, 0.717) is 11.6 Å². The highest BCUT2D eigenvalue weighted by molar-refractivity contribution is 5.98. The minimum absolute atomic E-state index is 0.305. The first kappa shape index (κ1) is 19.1. The lowest BCUT2D eigenvalue weighted by Crippen LogP contribution is -2.52. The molecule has 0 saturated carbocycles. The zero-order chi connectivity index (χ0) is 18.4. The van der Waals surface area contributed by atoms with Crippen molar-refractivity contribution in [1.82, 2.24) is 9.91 Å². The number of nitrogens with two attached hydrogens (primary N) is 1. The number of carbonyl (C=O) groups is 1. The van der Waals surface area contributed by atoms with Gasteiger partial charge in [-0.2, -0.15) is 0 Å². The lowest BCUT2D eigenvalue weighted by Gasteiger charge is -2.43. The molecule has 2 saturated heterocycles. The van der Waals surface area contributed by atoms with E-state index in [-0.39, 0.29) is 5.91 Å². The highest BCUT2D eigenvalue weighted by Gasteiger charge is 2.28. The molecule has 1 amide bonds. The van der Waals surface area contributed by atoms with Crippen LogP contribution in [0.5, 0.6) is 0 Å². The predicted octanol–water partition coefficient (Wildman–Crippen LogP) is 0.950. The zero-order valence-electron chi connectivity index (χ0n) is 15.6. The van der Waals surface area contributed by atoms with E-state index in [1.807, 2.05) is 18.2 Å². The normalized spacial score (nSPS) is 19.6. The van der Waals surface area contributed by atoms with Gasteiger partial charge in [-0.25, -0.2) is 5.01 Å². The molecule has 2 fully saturated rings. The number of hydrazine groups is 1. The number of hydrogen-bond donors (Lipinski definition) is 1. The van der Waals surface area contributed by atoms with E-state index >= 15 is 0 Å². The van der Waals surface area contributed by atoms with E-state index in [4.69, 9.17) is 15.2 Å². The second-order valence-corrected chi connectivity index (χ2v) is 6.90. The summed E-state index contributed by atoms with van der Waals surface area (Å²) >= 11 is 0. The van der Waals surface area contributed by atoms with Gasteiger partial charge in [0.15, 0.2) is 0 Å². The summed E-state index contributed by atoms with van der Waals surface area (Å²) in [4.78, 5) is 14.4. The average molecular weight is 362 g/mol. The number of rotatable bonds is 7. The van der Waals surface area contributed by atoms with E-state index in [9.17, 15) is 4.79 Å². The Hall–Kier alpha value is -1.67. The van der Waals surface area contributed by atoms with Crippen molar-refractivity contribution in [3.63, 3.8) is 0 Å². The number of benzene rings is 1. The van der Waals surface area contributed by atoms with Crippen LogP contribution in [0.25, 0.3) is 0 Å². The van der Waals surface area contributed by atoms with Gasteiger partial charge in [0.25, 0.3) is 5.91 Å². The van der Waals surface area contributed by atoms with Gasteiger partial charge in [-0.05, 0) is 25.0 Å². The van der Waals surface area contributed by atoms with Gasteiger partial charge in [0.2, 0.25) is 0 Å². The molecule has 0 bridgehead atoms. The van der Waals surface area contributed by atoms with Gasteiger partial charge in [-0.3, -0.25) is 9.69 Å². The largest absolute Gasteiger partial charge is 0.381 e. The molecule has 0 aliphatic carbocycles. The molecule has 144 valence electrons. The molecule has 0 atom stereocenters. The number of carbonyl (C=O) groups excluding carboxylic acids is 1. The molecular formula is C19H30N4O3. The summed E-state index contributed by atoms with van der Waals surface area (Å²) in [6.45, 7) is 6.90. The van der Waals surface area contributed by atoms with E-state index in [1.165, 1.54) is 0 Å². The molecule has 2 N–H and O–H groups in total. The van der Waals surface area contributed by atoms with Gasteiger partial charge >= 0.3 is 0 Å². The monoisotopic (exact) mass is 362 g/mol. The molecule has 1 aromatic rings. The summed E-state index contributed by atoms with van der Waals surface area (Å²) in [6, 6.07) is 7.92. The number of likely N-dealkylation sites (N-methyl/N-ethyl adjacent to an activating group) is 1. The smallest absolute Gasteiger partial charge is 0.250 e. The number of primary amides is 1. The van der Waals surface area contributed by atoms with Crippen molar-refractivity contribution in [2.75, 3.05) is 64.7 Å². The third-order valence-corrected chi connectivity index (χ3v) is 5.16. The molecule has 0 radical (unpaired) electrons. The van der Waals surface area contributed by atoms with Gasteiger partial charge in [0.1, 0.15) is 0 Å². The third-order valence-electron chi connectivity index (χ3n) is 5.16. The summed E-state index contributed by atoms with van der Waals surface area (Å²) < 4.78 is 11.0. The van der Waals surface area contributed by atoms with Crippen LogP contribution in [0, 0.1) is 0 Å². The molecular weight excluding hydrogens is 332 g/mol.